The van der Waals surface area contributed by atoms with Gasteiger partial charge in [-0.1, -0.05) is 0 Å². The second kappa shape index (κ2) is 3.96. The Balaban J connectivity index is 2.18. The number of ether oxygens (including phenoxy) is 1. The molecule has 0 amide bonds. The van der Waals surface area contributed by atoms with Crippen molar-refractivity contribution >= 4 is 5.69 Å². The maximum atomic E-state index is 5.56. The highest BCUT2D eigenvalue weighted by atomic mass is 16.5. The lowest BCUT2D eigenvalue weighted by atomic mass is 10.3. The molecule has 0 saturated carbocycles. The number of nitrogens with two attached hydrogens (primary N) is 1. The number of hydrogen-bond donors (Lipinski definition) is 1. The molecule has 0 aliphatic heterocycles. The molecule has 4 nitrogen and oxygen atoms in total. The van der Waals surface area contributed by atoms with Crippen molar-refractivity contribution in [2.24, 2.45) is 0 Å². The molecular weight excluding hydrogens is 190 g/mol. The minimum atomic E-state index is 0.535. The van der Waals surface area contributed by atoms with Gasteiger partial charge in [0.1, 0.15) is 12.1 Å². The zero-order valence-electron chi connectivity index (χ0n) is 8.34. The molecular formula is C11H11N3O. The van der Waals surface area contributed by atoms with Gasteiger partial charge in [-0.2, -0.15) is 0 Å². The predicted octanol–water partition coefficient (Wildman–Crippen LogP) is 2.16. The molecule has 0 aliphatic rings. The van der Waals surface area contributed by atoms with Gasteiger partial charge >= 0.3 is 0 Å². The summed E-state index contributed by atoms with van der Waals surface area (Å²) in [5.41, 5.74) is 7.14. The van der Waals surface area contributed by atoms with E-state index in [9.17, 15) is 0 Å². The van der Waals surface area contributed by atoms with E-state index < -0.39 is 0 Å². The molecule has 0 spiro atoms. The van der Waals surface area contributed by atoms with Crippen LogP contribution in [0.2, 0.25) is 0 Å². The summed E-state index contributed by atoms with van der Waals surface area (Å²) in [6.45, 7) is 1.89. The van der Waals surface area contributed by atoms with Crippen molar-refractivity contribution in [3.8, 4) is 11.6 Å². The lowest BCUT2D eigenvalue weighted by Crippen LogP contribution is -1.91. The van der Waals surface area contributed by atoms with E-state index in [1.807, 2.05) is 6.92 Å². The first kappa shape index (κ1) is 9.45. The van der Waals surface area contributed by atoms with Crippen molar-refractivity contribution in [2.75, 3.05) is 5.73 Å². The number of anilines is 1. The summed E-state index contributed by atoms with van der Waals surface area (Å²) in [6.07, 6.45) is 1.47. The summed E-state index contributed by atoms with van der Waals surface area (Å²) in [4.78, 5) is 7.98. The van der Waals surface area contributed by atoms with Crippen LogP contribution in [0.5, 0.6) is 11.6 Å². The minimum Gasteiger partial charge on any atom is -0.439 e. The molecule has 1 heterocycles. The van der Waals surface area contributed by atoms with Gasteiger partial charge in [-0.05, 0) is 31.2 Å². The predicted molar refractivity (Wildman–Crippen MR) is 57.7 cm³/mol. The van der Waals surface area contributed by atoms with Crippen LogP contribution < -0.4 is 10.5 Å². The Labute approximate surface area is 87.7 Å². The number of hydrogen-bond acceptors (Lipinski definition) is 4. The summed E-state index contributed by atoms with van der Waals surface area (Å²) in [5, 5.41) is 0. The third-order valence-corrected chi connectivity index (χ3v) is 1.88. The Bertz CT molecular complexity index is 454. The highest BCUT2D eigenvalue weighted by Gasteiger charge is 1.98. The number of nitrogens with zero attached hydrogens (tertiary/aromatic N) is 2. The van der Waals surface area contributed by atoms with Gasteiger partial charge in [-0.25, -0.2) is 9.97 Å². The molecule has 1 aromatic heterocycles. The summed E-state index contributed by atoms with van der Waals surface area (Å²) in [5.74, 6) is 1.24. The highest BCUT2D eigenvalue weighted by molar-refractivity contribution is 5.42. The number of aromatic nitrogens is 2. The Hall–Kier alpha value is -2.10. The molecule has 0 aliphatic carbocycles. The molecule has 0 fully saturated rings. The summed E-state index contributed by atoms with van der Waals surface area (Å²) in [6, 6.07) is 8.93. The number of rotatable bonds is 2. The molecule has 0 saturated heterocycles. The maximum absolute atomic E-state index is 5.56. The van der Waals surface area contributed by atoms with Gasteiger partial charge in [0.2, 0.25) is 5.88 Å². The van der Waals surface area contributed by atoms with E-state index in [-0.39, 0.29) is 0 Å². The zero-order chi connectivity index (χ0) is 10.7. The van der Waals surface area contributed by atoms with Gasteiger partial charge in [-0.15, -0.1) is 0 Å². The van der Waals surface area contributed by atoms with Crippen LogP contribution in [0.25, 0.3) is 0 Å². The smallest absolute Gasteiger partial charge is 0.222 e. The van der Waals surface area contributed by atoms with Crippen LogP contribution in [0.4, 0.5) is 5.69 Å². The van der Waals surface area contributed by atoms with Crippen LogP contribution in [-0.2, 0) is 0 Å². The minimum absolute atomic E-state index is 0.535. The number of benzene rings is 1. The summed E-state index contributed by atoms with van der Waals surface area (Å²) in [7, 11) is 0. The molecule has 0 bridgehead atoms. The molecule has 1 aromatic carbocycles. The van der Waals surface area contributed by atoms with E-state index >= 15 is 0 Å². The Morgan fingerprint density at radius 3 is 2.53 bits per heavy atom. The molecule has 0 unspecified atom stereocenters. The second-order valence-electron chi connectivity index (χ2n) is 3.17. The van der Waals surface area contributed by atoms with Gasteiger partial charge in [0.05, 0.1) is 0 Å². The van der Waals surface area contributed by atoms with Gasteiger partial charge in [0.25, 0.3) is 0 Å². The van der Waals surface area contributed by atoms with E-state index in [1.54, 1.807) is 30.3 Å². The van der Waals surface area contributed by atoms with E-state index in [0.29, 0.717) is 17.3 Å². The fourth-order valence-electron chi connectivity index (χ4n) is 1.14. The monoisotopic (exact) mass is 201 g/mol. The van der Waals surface area contributed by atoms with Gasteiger partial charge in [0, 0.05) is 17.4 Å². The number of aryl methyl sites for hydroxylation is 1. The topological polar surface area (TPSA) is 61.0 Å². The van der Waals surface area contributed by atoms with Crippen molar-refractivity contribution in [3.63, 3.8) is 0 Å². The highest BCUT2D eigenvalue weighted by Crippen LogP contribution is 2.19. The van der Waals surface area contributed by atoms with E-state index in [4.69, 9.17) is 10.5 Å². The quantitative estimate of drug-likeness (QED) is 0.756. The van der Waals surface area contributed by atoms with Gasteiger partial charge in [-0.3, -0.25) is 0 Å². The number of nitrogen functional groups attached to an aromatic ring is 1. The SMILES string of the molecule is Cc1cc(Oc2ccc(N)cc2)ncn1. The lowest BCUT2D eigenvalue weighted by molar-refractivity contribution is 0.461. The van der Waals surface area contributed by atoms with Crippen molar-refractivity contribution in [2.45, 2.75) is 6.92 Å². The first-order valence-corrected chi connectivity index (χ1v) is 4.56. The molecule has 2 rings (SSSR count). The van der Waals surface area contributed by atoms with Crippen LogP contribution in [0.3, 0.4) is 0 Å². The van der Waals surface area contributed by atoms with Crippen LogP contribution in [0.15, 0.2) is 36.7 Å². The van der Waals surface area contributed by atoms with E-state index in [0.717, 1.165) is 5.69 Å². The third-order valence-electron chi connectivity index (χ3n) is 1.88. The van der Waals surface area contributed by atoms with E-state index in [2.05, 4.69) is 9.97 Å². The van der Waals surface area contributed by atoms with Crippen molar-refractivity contribution in [3.05, 3.63) is 42.4 Å². The van der Waals surface area contributed by atoms with Crippen LogP contribution >= 0.6 is 0 Å². The second-order valence-corrected chi connectivity index (χ2v) is 3.17. The Morgan fingerprint density at radius 1 is 1.13 bits per heavy atom. The first-order valence-electron chi connectivity index (χ1n) is 4.56. The Kier molecular flexibility index (Phi) is 2.49. The van der Waals surface area contributed by atoms with Crippen molar-refractivity contribution < 1.29 is 4.74 Å². The third kappa shape index (κ3) is 2.43. The van der Waals surface area contributed by atoms with Gasteiger partial charge in [0.15, 0.2) is 0 Å². The van der Waals surface area contributed by atoms with Crippen LogP contribution in [0, 0.1) is 6.92 Å². The molecule has 0 radical (unpaired) electrons. The molecule has 2 N–H and O–H groups in total. The largest absolute Gasteiger partial charge is 0.439 e. The average Bonchev–Trinajstić information content (AvgIpc) is 2.22. The molecule has 76 valence electrons. The normalized spacial score (nSPS) is 9.93. The van der Waals surface area contributed by atoms with E-state index in [1.165, 1.54) is 6.33 Å². The first-order chi connectivity index (χ1) is 7.24. The van der Waals surface area contributed by atoms with Crippen molar-refractivity contribution in [1.82, 2.24) is 9.97 Å². The lowest BCUT2D eigenvalue weighted by Gasteiger charge is -2.04. The standard InChI is InChI=1S/C11H11N3O/c1-8-6-11(14-7-13-8)15-10-4-2-9(12)3-5-10/h2-7H,12H2,1H3. The molecule has 15 heavy (non-hydrogen) atoms. The average molecular weight is 201 g/mol. The summed E-state index contributed by atoms with van der Waals surface area (Å²) >= 11 is 0. The van der Waals surface area contributed by atoms with Crippen LogP contribution in [0.1, 0.15) is 5.69 Å². The zero-order valence-corrected chi connectivity index (χ0v) is 8.34. The van der Waals surface area contributed by atoms with Gasteiger partial charge < -0.3 is 10.5 Å². The Morgan fingerprint density at radius 2 is 1.87 bits per heavy atom. The summed E-state index contributed by atoms with van der Waals surface area (Å²) < 4.78 is 5.51. The molecule has 2 aromatic rings. The maximum Gasteiger partial charge on any atom is 0.222 e. The van der Waals surface area contributed by atoms with Crippen molar-refractivity contribution in [1.29, 1.82) is 0 Å². The van der Waals surface area contributed by atoms with Crippen LogP contribution in [-0.4, -0.2) is 9.97 Å². The fraction of sp³-hybridized carbons (Fsp3) is 0.0909. The fourth-order valence-corrected chi connectivity index (χ4v) is 1.14. The molecule has 0 atom stereocenters. The molecule has 4 heteroatoms.